The maximum Gasteiger partial charge on any atom is 0.249 e. The number of halogens is 2. The number of methoxy groups -OCH3 is 1. The van der Waals surface area contributed by atoms with Crippen LogP contribution >= 0.6 is 11.6 Å². The van der Waals surface area contributed by atoms with Crippen molar-refractivity contribution < 1.29 is 28.3 Å². The van der Waals surface area contributed by atoms with E-state index in [0.29, 0.717) is 97.0 Å². The van der Waals surface area contributed by atoms with Crippen LogP contribution in [0.15, 0.2) is 66.9 Å². The molecule has 0 aliphatic carbocycles. The standard InChI is InChI=1S/C41H45ClFN9O5/c1-25(53)29-5-3-4-6-33(29)46-39-31(42)23-44-41(49-39)47-34-10-8-28(22-36(34)57-2)51-17-19-52(20-18-51)38(55)24-50-15-13-26(14-16-50)30-9-7-27(21-32(30)43)45-35-11-12-37(54)48-40(35)56/h3-10,21-23,26,35,45H,11-20,24H2,1-2H3,(H,48,54,56)(H2,44,46,47,49). The molecular formula is C41H45ClFN9O5. The van der Waals surface area contributed by atoms with Gasteiger partial charge in [0, 0.05) is 55.6 Å². The van der Waals surface area contributed by atoms with Crippen molar-refractivity contribution in [3.05, 3.63) is 88.8 Å². The first kappa shape index (κ1) is 39.4. The minimum absolute atomic E-state index is 0.0399. The van der Waals surface area contributed by atoms with Crippen molar-refractivity contribution in [2.24, 2.45) is 0 Å². The number of likely N-dealkylation sites (tertiary alicyclic amines) is 1. The number of aromatic nitrogens is 2. The molecule has 3 saturated heterocycles. The molecule has 0 bridgehead atoms. The van der Waals surface area contributed by atoms with Gasteiger partial charge in [-0.2, -0.15) is 4.98 Å². The number of anilines is 6. The first-order valence-electron chi connectivity index (χ1n) is 19.0. The Morgan fingerprint density at radius 1 is 0.947 bits per heavy atom. The fourth-order valence-electron chi connectivity index (χ4n) is 7.53. The normalized spacial score (nSPS) is 17.9. The van der Waals surface area contributed by atoms with Crippen LogP contribution in [0.5, 0.6) is 5.75 Å². The summed E-state index contributed by atoms with van der Waals surface area (Å²) < 4.78 is 20.9. The van der Waals surface area contributed by atoms with Crippen molar-refractivity contribution in [1.29, 1.82) is 0 Å². The average molecular weight is 798 g/mol. The van der Waals surface area contributed by atoms with E-state index in [-0.39, 0.29) is 41.7 Å². The molecular weight excluding hydrogens is 753 g/mol. The number of piperazine rings is 1. The van der Waals surface area contributed by atoms with Crippen molar-refractivity contribution in [2.75, 3.05) is 73.8 Å². The van der Waals surface area contributed by atoms with Crippen LogP contribution in [0.2, 0.25) is 5.02 Å². The fraction of sp³-hybridized carbons (Fsp3) is 0.366. The fourth-order valence-corrected chi connectivity index (χ4v) is 7.67. The number of benzene rings is 3. The number of ether oxygens (including phenoxy) is 1. The van der Waals surface area contributed by atoms with E-state index >= 15 is 4.39 Å². The van der Waals surface area contributed by atoms with Crippen LogP contribution in [0.4, 0.5) is 38.9 Å². The third-order valence-corrected chi connectivity index (χ3v) is 11.0. The third kappa shape index (κ3) is 9.43. The monoisotopic (exact) mass is 797 g/mol. The summed E-state index contributed by atoms with van der Waals surface area (Å²) in [5, 5.41) is 12.0. The van der Waals surface area contributed by atoms with E-state index in [1.54, 1.807) is 37.4 Å². The summed E-state index contributed by atoms with van der Waals surface area (Å²) in [4.78, 5) is 64.1. The Labute approximate surface area is 335 Å². The molecule has 3 amide bonds. The topological polar surface area (TPSA) is 161 Å². The molecule has 0 spiro atoms. The largest absolute Gasteiger partial charge is 0.494 e. The van der Waals surface area contributed by atoms with E-state index in [2.05, 4.69) is 41.0 Å². The van der Waals surface area contributed by atoms with E-state index in [4.69, 9.17) is 16.3 Å². The number of carbonyl (C=O) groups is 4. The summed E-state index contributed by atoms with van der Waals surface area (Å²) in [6.07, 6.45) is 3.57. The van der Waals surface area contributed by atoms with Crippen LogP contribution in [-0.4, -0.2) is 102 Å². The second kappa shape index (κ2) is 17.6. The number of piperidine rings is 2. The lowest BCUT2D eigenvalue weighted by Crippen LogP contribution is -2.51. The Balaban J connectivity index is 0.884. The molecule has 7 rings (SSSR count). The minimum atomic E-state index is -0.572. The van der Waals surface area contributed by atoms with Crippen LogP contribution in [0.1, 0.15) is 54.4 Å². The number of nitrogens with zero attached hydrogens (tertiary/aromatic N) is 5. The van der Waals surface area contributed by atoms with Gasteiger partial charge < -0.3 is 30.5 Å². The molecule has 3 fully saturated rings. The van der Waals surface area contributed by atoms with Crippen LogP contribution in [0.25, 0.3) is 0 Å². The molecule has 298 valence electrons. The van der Waals surface area contributed by atoms with Gasteiger partial charge in [0.05, 0.1) is 31.2 Å². The quantitative estimate of drug-likeness (QED) is 0.102. The van der Waals surface area contributed by atoms with Crippen LogP contribution < -0.4 is 30.9 Å². The molecule has 3 aromatic carbocycles. The van der Waals surface area contributed by atoms with Crippen molar-refractivity contribution in [3.8, 4) is 5.75 Å². The number of nitrogens with one attached hydrogen (secondary N) is 4. The molecule has 4 aromatic rings. The van der Waals surface area contributed by atoms with Crippen LogP contribution in [0.3, 0.4) is 0 Å². The lowest BCUT2D eigenvalue weighted by atomic mass is 9.89. The number of rotatable bonds is 12. The van der Waals surface area contributed by atoms with E-state index in [1.165, 1.54) is 19.2 Å². The lowest BCUT2D eigenvalue weighted by molar-refractivity contribution is -0.134. The molecule has 1 aromatic heterocycles. The summed E-state index contributed by atoms with van der Waals surface area (Å²) in [7, 11) is 1.59. The van der Waals surface area contributed by atoms with Crippen molar-refractivity contribution >= 4 is 69.6 Å². The highest BCUT2D eigenvalue weighted by Crippen LogP contribution is 2.34. The number of para-hydroxylation sites is 1. The second-order valence-electron chi connectivity index (χ2n) is 14.4. The maximum absolute atomic E-state index is 15.2. The molecule has 0 radical (unpaired) electrons. The second-order valence-corrected chi connectivity index (χ2v) is 14.8. The molecule has 4 N–H and O–H groups in total. The zero-order valence-electron chi connectivity index (χ0n) is 31.8. The van der Waals surface area contributed by atoms with E-state index in [9.17, 15) is 19.2 Å². The van der Waals surface area contributed by atoms with Crippen molar-refractivity contribution in [1.82, 2.24) is 25.1 Å². The van der Waals surface area contributed by atoms with Crippen molar-refractivity contribution in [3.63, 3.8) is 0 Å². The van der Waals surface area contributed by atoms with Gasteiger partial charge in [-0.25, -0.2) is 9.37 Å². The van der Waals surface area contributed by atoms with Gasteiger partial charge in [-0.1, -0.05) is 29.8 Å². The molecule has 3 aliphatic heterocycles. The Morgan fingerprint density at radius 2 is 1.72 bits per heavy atom. The summed E-state index contributed by atoms with van der Waals surface area (Å²) in [5.74, 6) is 0.238. The van der Waals surface area contributed by atoms with Crippen molar-refractivity contribution in [2.45, 2.75) is 44.6 Å². The number of Topliss-reactive ketones (excluding diaryl/α,β-unsaturated/α-hetero) is 1. The predicted octanol–water partition coefficient (Wildman–Crippen LogP) is 5.71. The maximum atomic E-state index is 15.2. The number of carbonyl (C=O) groups excluding carboxylic acids is 4. The smallest absolute Gasteiger partial charge is 0.249 e. The first-order chi connectivity index (χ1) is 27.5. The van der Waals surface area contributed by atoms with Gasteiger partial charge in [0.2, 0.25) is 23.7 Å². The Bertz CT molecular complexity index is 2160. The van der Waals surface area contributed by atoms with Gasteiger partial charge in [-0.05, 0) is 87.2 Å². The highest BCUT2D eigenvalue weighted by Gasteiger charge is 2.29. The molecule has 14 nitrogen and oxygen atoms in total. The number of ketones is 1. The van der Waals surface area contributed by atoms with Crippen LogP contribution in [0, 0.1) is 5.82 Å². The van der Waals surface area contributed by atoms with E-state index < -0.39 is 11.9 Å². The predicted molar refractivity (Wildman–Crippen MR) is 216 cm³/mol. The van der Waals surface area contributed by atoms with Gasteiger partial charge in [-0.15, -0.1) is 0 Å². The molecule has 1 atom stereocenters. The SMILES string of the molecule is COc1cc(N2CCN(C(=O)CN3CCC(c4ccc(NC5CCC(=O)NC5=O)cc4F)CC3)CC2)ccc1Nc1ncc(Cl)c(Nc2ccccc2C(C)=O)n1. The van der Waals surface area contributed by atoms with Gasteiger partial charge in [0.15, 0.2) is 11.6 Å². The number of amides is 3. The molecule has 57 heavy (non-hydrogen) atoms. The minimum Gasteiger partial charge on any atom is -0.494 e. The van der Waals surface area contributed by atoms with Gasteiger partial charge in [-0.3, -0.25) is 29.4 Å². The molecule has 3 aliphatic rings. The highest BCUT2D eigenvalue weighted by molar-refractivity contribution is 6.33. The molecule has 16 heteroatoms. The van der Waals surface area contributed by atoms with Gasteiger partial charge >= 0.3 is 0 Å². The summed E-state index contributed by atoms with van der Waals surface area (Å²) in [6, 6.07) is 17.3. The Hall–Kier alpha value is -5.80. The van der Waals surface area contributed by atoms with E-state index in [1.807, 2.05) is 29.2 Å². The molecule has 1 unspecified atom stereocenters. The summed E-state index contributed by atoms with van der Waals surface area (Å²) in [6.45, 7) is 5.71. The number of imide groups is 1. The van der Waals surface area contributed by atoms with Crippen LogP contribution in [-0.2, 0) is 14.4 Å². The number of hydrogen-bond donors (Lipinski definition) is 4. The lowest BCUT2D eigenvalue weighted by Gasteiger charge is -2.38. The van der Waals surface area contributed by atoms with Gasteiger partial charge in [0.25, 0.3) is 0 Å². The molecule has 4 heterocycles. The zero-order chi connectivity index (χ0) is 40.1. The third-order valence-electron chi connectivity index (χ3n) is 10.7. The zero-order valence-corrected chi connectivity index (χ0v) is 32.6. The van der Waals surface area contributed by atoms with E-state index in [0.717, 1.165) is 18.5 Å². The highest BCUT2D eigenvalue weighted by atomic mass is 35.5. The molecule has 0 saturated carbocycles. The average Bonchev–Trinajstić information content (AvgIpc) is 3.21. The Kier molecular flexibility index (Phi) is 12.1. The first-order valence-corrected chi connectivity index (χ1v) is 19.4. The summed E-state index contributed by atoms with van der Waals surface area (Å²) >= 11 is 6.40. The Morgan fingerprint density at radius 3 is 2.44 bits per heavy atom. The van der Waals surface area contributed by atoms with Gasteiger partial charge in [0.1, 0.15) is 22.6 Å². The number of hydrogen-bond acceptors (Lipinski definition) is 12. The summed E-state index contributed by atoms with van der Waals surface area (Å²) in [5.41, 5.74) is 3.85.